The highest BCUT2D eigenvalue weighted by Crippen LogP contribution is 2.28. The number of rotatable bonds is 4. The SMILES string of the molecule is Cc1cc(C)n(-c2cncc(N3CCN(S(=O)(=O)c4cc(C)sc4C)CC3)n2)n1. The first-order chi connectivity index (χ1) is 13.8. The van der Waals surface area contributed by atoms with Crippen LogP contribution in [0.4, 0.5) is 5.82 Å². The largest absolute Gasteiger partial charge is 0.353 e. The zero-order valence-corrected chi connectivity index (χ0v) is 18.6. The quantitative estimate of drug-likeness (QED) is 0.630. The summed E-state index contributed by atoms with van der Waals surface area (Å²) in [6, 6.07) is 3.76. The number of hydrogen-bond donors (Lipinski definition) is 0. The van der Waals surface area contributed by atoms with Gasteiger partial charge >= 0.3 is 0 Å². The van der Waals surface area contributed by atoms with Gasteiger partial charge in [0.15, 0.2) is 5.82 Å². The van der Waals surface area contributed by atoms with Gasteiger partial charge in [0.1, 0.15) is 5.82 Å². The maximum Gasteiger partial charge on any atom is 0.244 e. The van der Waals surface area contributed by atoms with E-state index in [2.05, 4.69) is 15.0 Å². The Morgan fingerprint density at radius 1 is 0.966 bits per heavy atom. The predicted octanol–water partition coefficient (Wildman–Crippen LogP) is 2.47. The maximum absolute atomic E-state index is 13.0. The molecule has 0 radical (unpaired) electrons. The standard InChI is InChI=1S/C19H24N6O2S2/c1-13-9-14(2)25(22-13)19-12-20-11-18(21-19)23-5-7-24(8-6-23)29(26,27)17-10-15(3)28-16(17)4/h9-12H,5-8H2,1-4H3. The molecule has 10 heteroatoms. The smallest absolute Gasteiger partial charge is 0.244 e. The molecule has 0 amide bonds. The lowest BCUT2D eigenvalue weighted by Gasteiger charge is -2.34. The summed E-state index contributed by atoms with van der Waals surface area (Å²) in [7, 11) is -3.46. The molecular weight excluding hydrogens is 408 g/mol. The van der Waals surface area contributed by atoms with Gasteiger partial charge in [0.2, 0.25) is 10.0 Å². The molecule has 1 aliphatic rings. The van der Waals surface area contributed by atoms with Crippen LogP contribution in [0.25, 0.3) is 5.82 Å². The third-order valence-electron chi connectivity index (χ3n) is 5.01. The van der Waals surface area contributed by atoms with Crippen LogP contribution in [0, 0.1) is 27.7 Å². The lowest BCUT2D eigenvalue weighted by Crippen LogP contribution is -2.49. The van der Waals surface area contributed by atoms with Crippen LogP contribution in [-0.4, -0.2) is 58.7 Å². The minimum Gasteiger partial charge on any atom is -0.353 e. The van der Waals surface area contributed by atoms with E-state index < -0.39 is 10.0 Å². The van der Waals surface area contributed by atoms with Gasteiger partial charge in [-0.25, -0.2) is 18.1 Å². The molecule has 154 valence electrons. The molecule has 4 heterocycles. The summed E-state index contributed by atoms with van der Waals surface area (Å²) in [5.74, 6) is 1.39. The van der Waals surface area contributed by atoms with Crippen LogP contribution < -0.4 is 4.90 Å². The maximum atomic E-state index is 13.0. The first-order valence-corrected chi connectivity index (χ1v) is 11.7. The van der Waals surface area contributed by atoms with Crippen LogP contribution in [0.1, 0.15) is 21.1 Å². The van der Waals surface area contributed by atoms with Crippen molar-refractivity contribution in [1.82, 2.24) is 24.1 Å². The van der Waals surface area contributed by atoms with Gasteiger partial charge in [0, 0.05) is 41.6 Å². The summed E-state index contributed by atoms with van der Waals surface area (Å²) in [5, 5.41) is 4.46. The van der Waals surface area contributed by atoms with E-state index in [1.807, 2.05) is 33.8 Å². The first-order valence-electron chi connectivity index (χ1n) is 9.43. The van der Waals surface area contributed by atoms with Gasteiger partial charge in [-0.3, -0.25) is 4.98 Å². The summed E-state index contributed by atoms with van der Waals surface area (Å²) < 4.78 is 29.4. The second kappa shape index (κ2) is 7.51. The molecule has 1 fully saturated rings. The van der Waals surface area contributed by atoms with Crippen LogP contribution in [0.3, 0.4) is 0 Å². The van der Waals surface area contributed by atoms with Crippen molar-refractivity contribution < 1.29 is 8.42 Å². The molecule has 1 aliphatic heterocycles. The number of sulfonamides is 1. The Bertz CT molecular complexity index is 1140. The molecule has 3 aromatic heterocycles. The number of thiophene rings is 1. The highest BCUT2D eigenvalue weighted by Gasteiger charge is 2.31. The Hall–Kier alpha value is -2.30. The molecule has 0 aliphatic carbocycles. The third kappa shape index (κ3) is 3.79. The molecule has 8 nitrogen and oxygen atoms in total. The number of piperazine rings is 1. The molecular formula is C19H24N6O2S2. The molecule has 0 atom stereocenters. The molecule has 0 unspecified atom stereocenters. The normalized spacial score (nSPS) is 15.8. The molecule has 0 spiro atoms. The minimum atomic E-state index is -3.46. The van der Waals surface area contributed by atoms with Crippen molar-refractivity contribution in [3.8, 4) is 5.82 Å². The topological polar surface area (TPSA) is 84.2 Å². The lowest BCUT2D eigenvalue weighted by atomic mass is 10.3. The average Bonchev–Trinajstić information content (AvgIpc) is 3.22. The summed E-state index contributed by atoms with van der Waals surface area (Å²) in [5.41, 5.74) is 1.92. The van der Waals surface area contributed by atoms with Crippen LogP contribution >= 0.6 is 11.3 Å². The molecule has 0 bridgehead atoms. The zero-order valence-electron chi connectivity index (χ0n) is 17.0. The Balaban J connectivity index is 1.51. The molecule has 0 aromatic carbocycles. The number of aromatic nitrogens is 4. The van der Waals surface area contributed by atoms with E-state index in [0.717, 1.165) is 27.0 Å². The van der Waals surface area contributed by atoms with E-state index in [-0.39, 0.29) is 0 Å². The molecule has 1 saturated heterocycles. The van der Waals surface area contributed by atoms with Gasteiger partial charge < -0.3 is 4.90 Å². The van der Waals surface area contributed by atoms with Gasteiger partial charge in [-0.1, -0.05) is 0 Å². The zero-order chi connectivity index (χ0) is 20.8. The van der Waals surface area contributed by atoms with E-state index in [9.17, 15) is 8.42 Å². The molecule has 29 heavy (non-hydrogen) atoms. The van der Waals surface area contributed by atoms with Crippen molar-refractivity contribution in [2.75, 3.05) is 31.1 Å². The number of aryl methyl sites for hydroxylation is 4. The van der Waals surface area contributed by atoms with Crippen LogP contribution in [0.15, 0.2) is 29.4 Å². The second-order valence-electron chi connectivity index (χ2n) is 7.24. The van der Waals surface area contributed by atoms with Gasteiger partial charge in [-0.2, -0.15) is 9.40 Å². The lowest BCUT2D eigenvalue weighted by molar-refractivity contribution is 0.383. The van der Waals surface area contributed by atoms with Crippen LogP contribution in [0.5, 0.6) is 0 Å². The summed E-state index contributed by atoms with van der Waals surface area (Å²) in [6.07, 6.45) is 3.40. The predicted molar refractivity (Wildman–Crippen MR) is 113 cm³/mol. The van der Waals surface area contributed by atoms with Gasteiger partial charge in [-0.05, 0) is 39.8 Å². The van der Waals surface area contributed by atoms with Gasteiger partial charge in [-0.15, -0.1) is 11.3 Å². The highest BCUT2D eigenvalue weighted by atomic mass is 32.2. The minimum absolute atomic E-state index is 0.419. The Kier molecular flexibility index (Phi) is 5.18. The van der Waals surface area contributed by atoms with Gasteiger partial charge in [0.25, 0.3) is 0 Å². The Morgan fingerprint density at radius 2 is 1.66 bits per heavy atom. The number of anilines is 1. The second-order valence-corrected chi connectivity index (χ2v) is 10.6. The van der Waals surface area contributed by atoms with Crippen molar-refractivity contribution in [2.24, 2.45) is 0 Å². The van der Waals surface area contributed by atoms with Crippen molar-refractivity contribution in [1.29, 1.82) is 0 Å². The van der Waals surface area contributed by atoms with Crippen LogP contribution in [-0.2, 0) is 10.0 Å². The van der Waals surface area contributed by atoms with E-state index in [1.165, 1.54) is 11.3 Å². The van der Waals surface area contributed by atoms with Crippen molar-refractivity contribution in [3.05, 3.63) is 45.7 Å². The molecule has 4 rings (SSSR count). The summed E-state index contributed by atoms with van der Waals surface area (Å²) >= 11 is 1.52. The molecule has 3 aromatic rings. The van der Waals surface area contributed by atoms with Crippen LogP contribution in [0.2, 0.25) is 0 Å². The summed E-state index contributed by atoms with van der Waals surface area (Å²) in [4.78, 5) is 13.4. The molecule has 0 saturated carbocycles. The fourth-order valence-corrected chi connectivity index (χ4v) is 6.57. The van der Waals surface area contributed by atoms with Crippen molar-refractivity contribution in [2.45, 2.75) is 32.6 Å². The Morgan fingerprint density at radius 3 is 2.24 bits per heavy atom. The monoisotopic (exact) mass is 432 g/mol. The fraction of sp³-hybridized carbons (Fsp3) is 0.421. The summed E-state index contributed by atoms with van der Waals surface area (Å²) in [6.45, 7) is 9.69. The first kappa shape index (κ1) is 20.0. The van der Waals surface area contributed by atoms with Crippen molar-refractivity contribution >= 4 is 27.2 Å². The van der Waals surface area contributed by atoms with Crippen molar-refractivity contribution in [3.63, 3.8) is 0 Å². The third-order valence-corrected chi connectivity index (χ3v) is 8.13. The Labute approximate surface area is 174 Å². The number of hydrogen-bond acceptors (Lipinski definition) is 7. The van der Waals surface area contributed by atoms with E-state index in [4.69, 9.17) is 4.98 Å². The van der Waals surface area contributed by atoms with Gasteiger partial charge in [0.05, 0.1) is 23.0 Å². The average molecular weight is 433 g/mol. The van der Waals surface area contributed by atoms with E-state index in [1.54, 1.807) is 27.4 Å². The van der Waals surface area contributed by atoms with E-state index >= 15 is 0 Å². The van der Waals surface area contributed by atoms with E-state index in [0.29, 0.717) is 36.9 Å². The molecule has 0 N–H and O–H groups in total. The number of nitrogens with zero attached hydrogens (tertiary/aromatic N) is 6. The fourth-order valence-electron chi connectivity index (χ4n) is 3.62. The highest BCUT2D eigenvalue weighted by molar-refractivity contribution is 7.89.